The lowest BCUT2D eigenvalue weighted by Gasteiger charge is -2.32. The van der Waals surface area contributed by atoms with Crippen LogP contribution in [-0.2, 0) is 11.3 Å². The zero-order chi connectivity index (χ0) is 18.5. The number of anilines is 1. The average molecular weight is 356 g/mol. The van der Waals surface area contributed by atoms with Gasteiger partial charge in [-0.2, -0.15) is 0 Å². The number of rotatable bonds is 4. The topological polar surface area (TPSA) is 87.5 Å². The van der Waals surface area contributed by atoms with E-state index < -0.39 is 0 Å². The van der Waals surface area contributed by atoms with Gasteiger partial charge in [-0.15, -0.1) is 0 Å². The third-order valence-corrected chi connectivity index (χ3v) is 4.47. The molecule has 2 N–H and O–H groups in total. The molecule has 1 aromatic heterocycles. The molecule has 138 valence electrons. The molecule has 7 heteroatoms. The molecular formula is C19H24N4O3. The monoisotopic (exact) mass is 356 g/mol. The highest BCUT2D eigenvalue weighted by molar-refractivity contribution is 5.90. The predicted molar refractivity (Wildman–Crippen MR) is 97.6 cm³/mol. The van der Waals surface area contributed by atoms with Gasteiger partial charge in [-0.3, -0.25) is 4.79 Å². The number of nitrogens with zero attached hydrogens (tertiary/aromatic N) is 2. The van der Waals surface area contributed by atoms with E-state index in [0.29, 0.717) is 31.1 Å². The second-order valence-electron chi connectivity index (χ2n) is 6.73. The maximum absolute atomic E-state index is 12.5. The smallest absolute Gasteiger partial charge is 0.321 e. The van der Waals surface area contributed by atoms with Crippen molar-refractivity contribution < 1.29 is 14.1 Å². The standard InChI is InChI=1S/C19H24N4O3/c1-13-5-3-7-16(9-13)21-19(25)23-8-4-6-15(12-23)18(24)20-11-17-10-14(2)26-22-17/h3,5,7,9-10,15H,4,6,8,11-12H2,1-2H3,(H,20,24)(H,21,25). The van der Waals surface area contributed by atoms with E-state index in [1.54, 1.807) is 11.0 Å². The Hall–Kier alpha value is -2.83. The number of benzene rings is 1. The molecule has 1 unspecified atom stereocenters. The van der Waals surface area contributed by atoms with Gasteiger partial charge in [-0.25, -0.2) is 4.79 Å². The number of carbonyl (C=O) groups is 2. The quantitative estimate of drug-likeness (QED) is 0.882. The number of carbonyl (C=O) groups excluding carboxylic acids is 2. The molecule has 0 spiro atoms. The van der Waals surface area contributed by atoms with Crippen molar-refractivity contribution in [1.82, 2.24) is 15.4 Å². The summed E-state index contributed by atoms with van der Waals surface area (Å²) in [6, 6.07) is 9.30. The van der Waals surface area contributed by atoms with Crippen LogP contribution in [0.4, 0.5) is 10.5 Å². The summed E-state index contributed by atoms with van der Waals surface area (Å²) in [5.74, 6) is 0.449. The van der Waals surface area contributed by atoms with Crippen molar-refractivity contribution in [2.75, 3.05) is 18.4 Å². The lowest BCUT2D eigenvalue weighted by Crippen LogP contribution is -2.46. The van der Waals surface area contributed by atoms with E-state index in [4.69, 9.17) is 4.52 Å². The van der Waals surface area contributed by atoms with Gasteiger partial charge < -0.3 is 20.1 Å². The van der Waals surface area contributed by atoms with E-state index in [2.05, 4.69) is 15.8 Å². The van der Waals surface area contributed by atoms with E-state index in [0.717, 1.165) is 24.1 Å². The summed E-state index contributed by atoms with van der Waals surface area (Å²) in [6.07, 6.45) is 1.58. The summed E-state index contributed by atoms with van der Waals surface area (Å²) < 4.78 is 4.99. The number of piperidine rings is 1. The molecule has 1 atom stereocenters. The Labute approximate surface area is 152 Å². The Morgan fingerprint density at radius 1 is 1.31 bits per heavy atom. The molecule has 0 radical (unpaired) electrons. The second kappa shape index (κ2) is 8.03. The Bertz CT molecular complexity index is 787. The van der Waals surface area contributed by atoms with Crippen molar-refractivity contribution in [2.24, 2.45) is 5.92 Å². The van der Waals surface area contributed by atoms with Crippen molar-refractivity contribution in [3.8, 4) is 0 Å². The van der Waals surface area contributed by atoms with Crippen molar-refractivity contribution in [1.29, 1.82) is 0 Å². The molecule has 1 saturated heterocycles. The molecule has 7 nitrogen and oxygen atoms in total. The number of hydrogen-bond acceptors (Lipinski definition) is 4. The number of likely N-dealkylation sites (tertiary alicyclic amines) is 1. The average Bonchev–Trinajstić information content (AvgIpc) is 3.05. The molecule has 3 rings (SSSR count). The maximum atomic E-state index is 12.5. The molecule has 2 heterocycles. The van der Waals surface area contributed by atoms with Crippen LogP contribution in [0.3, 0.4) is 0 Å². The van der Waals surface area contributed by atoms with E-state index >= 15 is 0 Å². The minimum absolute atomic E-state index is 0.0568. The summed E-state index contributed by atoms with van der Waals surface area (Å²) in [6.45, 7) is 5.20. The molecule has 26 heavy (non-hydrogen) atoms. The van der Waals surface area contributed by atoms with Gasteiger partial charge in [0.15, 0.2) is 0 Å². The summed E-state index contributed by atoms with van der Waals surface area (Å²) in [5, 5.41) is 9.65. The van der Waals surface area contributed by atoms with Crippen LogP contribution in [0.15, 0.2) is 34.9 Å². The van der Waals surface area contributed by atoms with Gasteiger partial charge in [0, 0.05) is 24.8 Å². The first-order chi connectivity index (χ1) is 12.5. The Kier molecular flexibility index (Phi) is 5.55. The highest BCUT2D eigenvalue weighted by Crippen LogP contribution is 2.19. The number of aromatic nitrogens is 1. The molecular weight excluding hydrogens is 332 g/mol. The number of amides is 3. The van der Waals surface area contributed by atoms with E-state index in [-0.39, 0.29) is 17.9 Å². The van der Waals surface area contributed by atoms with Crippen molar-refractivity contribution in [2.45, 2.75) is 33.2 Å². The Morgan fingerprint density at radius 3 is 2.88 bits per heavy atom. The van der Waals surface area contributed by atoms with Crippen LogP contribution in [0.1, 0.15) is 29.9 Å². The van der Waals surface area contributed by atoms with E-state index in [9.17, 15) is 9.59 Å². The zero-order valence-electron chi connectivity index (χ0n) is 15.1. The largest absolute Gasteiger partial charge is 0.361 e. The molecule has 1 aliphatic rings. The van der Waals surface area contributed by atoms with Gasteiger partial charge in [-0.05, 0) is 44.4 Å². The van der Waals surface area contributed by atoms with Crippen LogP contribution in [0.25, 0.3) is 0 Å². The minimum Gasteiger partial charge on any atom is -0.361 e. The summed E-state index contributed by atoms with van der Waals surface area (Å²) in [7, 11) is 0. The minimum atomic E-state index is -0.208. The highest BCUT2D eigenvalue weighted by Gasteiger charge is 2.28. The third-order valence-electron chi connectivity index (χ3n) is 4.47. The van der Waals surface area contributed by atoms with Crippen LogP contribution in [-0.4, -0.2) is 35.1 Å². The van der Waals surface area contributed by atoms with Crippen molar-refractivity contribution >= 4 is 17.6 Å². The number of nitrogens with one attached hydrogen (secondary N) is 2. The molecule has 0 saturated carbocycles. The second-order valence-corrected chi connectivity index (χ2v) is 6.73. The van der Waals surface area contributed by atoms with Gasteiger partial charge in [0.1, 0.15) is 11.5 Å². The zero-order valence-corrected chi connectivity index (χ0v) is 15.1. The third kappa shape index (κ3) is 4.62. The van der Waals surface area contributed by atoms with Gasteiger partial charge in [0.2, 0.25) is 5.91 Å². The van der Waals surface area contributed by atoms with Crippen LogP contribution in [0.5, 0.6) is 0 Å². The lowest BCUT2D eigenvalue weighted by molar-refractivity contribution is -0.126. The van der Waals surface area contributed by atoms with Gasteiger partial charge in [0.05, 0.1) is 12.5 Å². The molecule has 1 aromatic carbocycles. The van der Waals surface area contributed by atoms with Gasteiger partial charge in [-0.1, -0.05) is 17.3 Å². The van der Waals surface area contributed by atoms with Crippen LogP contribution in [0, 0.1) is 19.8 Å². The maximum Gasteiger partial charge on any atom is 0.321 e. The highest BCUT2D eigenvalue weighted by atomic mass is 16.5. The lowest BCUT2D eigenvalue weighted by atomic mass is 9.97. The number of hydrogen-bond donors (Lipinski definition) is 2. The predicted octanol–water partition coefficient (Wildman–Crippen LogP) is 2.85. The van der Waals surface area contributed by atoms with Gasteiger partial charge >= 0.3 is 6.03 Å². The molecule has 3 amide bonds. The van der Waals surface area contributed by atoms with Crippen LogP contribution in [0.2, 0.25) is 0 Å². The van der Waals surface area contributed by atoms with Crippen molar-refractivity contribution in [3.63, 3.8) is 0 Å². The molecule has 0 bridgehead atoms. The first kappa shape index (κ1) is 18.0. The van der Waals surface area contributed by atoms with E-state index in [1.165, 1.54) is 0 Å². The SMILES string of the molecule is Cc1cccc(NC(=O)N2CCCC(C(=O)NCc3cc(C)on3)C2)c1. The normalized spacial score (nSPS) is 17.0. The summed E-state index contributed by atoms with van der Waals surface area (Å²) in [4.78, 5) is 26.6. The van der Waals surface area contributed by atoms with Crippen molar-refractivity contribution in [3.05, 3.63) is 47.3 Å². The van der Waals surface area contributed by atoms with Gasteiger partial charge in [0.25, 0.3) is 0 Å². The van der Waals surface area contributed by atoms with E-state index in [1.807, 2.05) is 38.1 Å². The molecule has 2 aromatic rings. The molecule has 0 aliphatic carbocycles. The fourth-order valence-electron chi connectivity index (χ4n) is 3.12. The summed E-state index contributed by atoms with van der Waals surface area (Å²) in [5.41, 5.74) is 2.55. The Balaban J connectivity index is 1.52. The molecule has 1 fully saturated rings. The first-order valence-electron chi connectivity index (χ1n) is 8.84. The van der Waals surface area contributed by atoms with Crippen LogP contribution >= 0.6 is 0 Å². The Morgan fingerprint density at radius 2 is 2.15 bits per heavy atom. The fraction of sp³-hybridized carbons (Fsp3) is 0.421. The molecule has 1 aliphatic heterocycles. The number of urea groups is 1. The fourth-order valence-corrected chi connectivity index (χ4v) is 3.12. The first-order valence-corrected chi connectivity index (χ1v) is 8.84. The summed E-state index contributed by atoms with van der Waals surface area (Å²) >= 11 is 0. The number of aryl methyl sites for hydroxylation is 2. The van der Waals surface area contributed by atoms with Crippen LogP contribution < -0.4 is 10.6 Å².